The molecule has 0 spiro atoms. The summed E-state index contributed by atoms with van der Waals surface area (Å²) in [6.45, 7) is -0.295. The number of nitrogens with one attached hydrogen (secondary N) is 1. The second-order valence-corrected chi connectivity index (χ2v) is 12.2. The van der Waals surface area contributed by atoms with Crippen LogP contribution in [0.15, 0.2) is 40.0 Å². The number of carbonyl (C=O) groups is 1. The van der Waals surface area contributed by atoms with Crippen molar-refractivity contribution in [2.75, 3.05) is 26.5 Å². The molecular weight excluding hydrogens is 562 g/mol. The molecule has 0 bridgehead atoms. The Morgan fingerprint density at radius 1 is 1.29 bits per heavy atom. The summed E-state index contributed by atoms with van der Waals surface area (Å²) in [5, 5.41) is 14.4. The first-order valence-electron chi connectivity index (χ1n) is 11.8. The number of aliphatic hydroxyl groups excluding tert-OH is 1. The minimum atomic E-state index is -3.53. The van der Waals surface area contributed by atoms with E-state index in [9.17, 15) is 27.1 Å². The molecule has 1 unspecified atom stereocenters. The number of esters is 1. The maximum absolute atomic E-state index is 14.5. The van der Waals surface area contributed by atoms with Crippen LogP contribution in [0.1, 0.15) is 42.3 Å². The molecule has 1 aromatic heterocycles. The van der Waals surface area contributed by atoms with Crippen molar-refractivity contribution < 1.29 is 31.8 Å². The molecule has 206 valence electrons. The Balaban J connectivity index is 1.76. The van der Waals surface area contributed by atoms with Gasteiger partial charge >= 0.3 is 5.97 Å². The molecule has 0 saturated heterocycles. The summed E-state index contributed by atoms with van der Waals surface area (Å²) in [5.41, 5.74) is 0.702. The minimum absolute atomic E-state index is 0.0000803. The van der Waals surface area contributed by atoms with Crippen molar-refractivity contribution in [3.05, 3.63) is 62.2 Å². The highest BCUT2D eigenvalue weighted by atomic mass is 35.5. The Kier molecular flexibility index (Phi) is 8.82. The van der Waals surface area contributed by atoms with Crippen LogP contribution in [0.25, 0.3) is 0 Å². The molecule has 2 heterocycles. The molecular formula is C24H27ClF2N4O5S2. The Hall–Kier alpha value is -2.45. The molecule has 38 heavy (non-hydrogen) atoms. The minimum Gasteiger partial charge on any atom is -0.466 e. The molecule has 1 aliphatic carbocycles. The van der Waals surface area contributed by atoms with Crippen LogP contribution in [0.2, 0.25) is 5.02 Å². The summed E-state index contributed by atoms with van der Waals surface area (Å²) in [4.78, 5) is 22.0. The molecule has 2 N–H and O–H groups in total. The summed E-state index contributed by atoms with van der Waals surface area (Å²) in [5.74, 6) is -2.97. The smallest absolute Gasteiger partial charge is 0.338 e. The van der Waals surface area contributed by atoms with Gasteiger partial charge in [0.2, 0.25) is 10.0 Å². The average molecular weight is 589 g/mol. The monoisotopic (exact) mass is 588 g/mol. The predicted molar refractivity (Wildman–Crippen MR) is 139 cm³/mol. The van der Waals surface area contributed by atoms with Crippen LogP contribution in [0.3, 0.4) is 0 Å². The van der Waals surface area contributed by atoms with Gasteiger partial charge in [-0.05, 0) is 37.7 Å². The van der Waals surface area contributed by atoms with Gasteiger partial charge in [0.05, 0.1) is 30.6 Å². The van der Waals surface area contributed by atoms with Crippen LogP contribution in [0.4, 0.5) is 8.78 Å². The Labute approximate surface area is 228 Å². The third-order valence-corrected chi connectivity index (χ3v) is 9.23. The number of amidine groups is 1. The van der Waals surface area contributed by atoms with Crippen molar-refractivity contribution in [2.45, 2.75) is 37.8 Å². The number of methoxy groups -OCH3 is 1. The fraction of sp³-hybridized carbons (Fsp3) is 0.458. The molecule has 2 aliphatic rings. The molecule has 1 aromatic carbocycles. The van der Waals surface area contributed by atoms with E-state index in [0.29, 0.717) is 42.2 Å². The van der Waals surface area contributed by atoms with Crippen molar-refractivity contribution in [3.8, 4) is 0 Å². The SMILES string of the molecule is COC(=O)C1=C(C2CCC(N(CCO)S(C)(=O)=O)CC2)NC(c2nccs2)=NC1c1ccc(F)c(F)c1Cl. The molecule has 1 aliphatic heterocycles. The fourth-order valence-electron chi connectivity index (χ4n) is 5.02. The standard InChI is InChI=1S/C24H27ClF2N4O5S2/c1-36-24(33)17-20(13-3-5-14(6-4-13)31(10-11-32)38(2,34)35)29-22(23-28-9-12-37-23)30-21(17)15-7-8-16(26)19(27)18(15)25/h7-9,12-14,21,32H,3-6,10-11H2,1-2H3,(H,29,30). The van der Waals surface area contributed by atoms with Gasteiger partial charge in [-0.1, -0.05) is 17.7 Å². The molecule has 2 aromatic rings. The summed E-state index contributed by atoms with van der Waals surface area (Å²) < 4.78 is 59.3. The van der Waals surface area contributed by atoms with Crippen molar-refractivity contribution in [3.63, 3.8) is 0 Å². The molecule has 14 heteroatoms. The third kappa shape index (κ3) is 5.76. The maximum Gasteiger partial charge on any atom is 0.338 e. The van der Waals surface area contributed by atoms with E-state index in [1.165, 1.54) is 28.8 Å². The fourth-order valence-corrected chi connectivity index (χ4v) is 7.03. The summed E-state index contributed by atoms with van der Waals surface area (Å²) in [6, 6.07) is 0.816. The van der Waals surface area contributed by atoms with E-state index < -0.39 is 38.7 Å². The lowest BCUT2D eigenvalue weighted by Gasteiger charge is -2.38. The van der Waals surface area contributed by atoms with Gasteiger partial charge in [-0.15, -0.1) is 11.3 Å². The second kappa shape index (κ2) is 11.7. The predicted octanol–water partition coefficient (Wildman–Crippen LogP) is 3.41. The number of halogens is 3. The van der Waals surface area contributed by atoms with E-state index in [2.05, 4.69) is 15.3 Å². The zero-order chi connectivity index (χ0) is 27.6. The number of nitrogens with zero attached hydrogens (tertiary/aromatic N) is 3. The van der Waals surface area contributed by atoms with E-state index in [0.717, 1.165) is 12.3 Å². The van der Waals surface area contributed by atoms with Gasteiger partial charge in [0.1, 0.15) is 6.04 Å². The Morgan fingerprint density at radius 2 is 2.00 bits per heavy atom. The van der Waals surface area contributed by atoms with Gasteiger partial charge in [0, 0.05) is 35.4 Å². The van der Waals surface area contributed by atoms with Crippen molar-refractivity contribution in [1.29, 1.82) is 0 Å². The molecule has 0 amide bonds. The highest BCUT2D eigenvalue weighted by Gasteiger charge is 2.39. The van der Waals surface area contributed by atoms with Gasteiger partial charge in [-0.2, -0.15) is 4.31 Å². The zero-order valence-corrected chi connectivity index (χ0v) is 23.0. The number of hydrogen-bond acceptors (Lipinski definition) is 9. The lowest BCUT2D eigenvalue weighted by atomic mass is 9.80. The highest BCUT2D eigenvalue weighted by Crippen LogP contribution is 2.42. The number of benzene rings is 1. The van der Waals surface area contributed by atoms with E-state index in [-0.39, 0.29) is 36.2 Å². The molecule has 1 fully saturated rings. The van der Waals surface area contributed by atoms with E-state index in [4.69, 9.17) is 16.3 Å². The molecule has 4 rings (SSSR count). The highest BCUT2D eigenvalue weighted by molar-refractivity contribution is 7.88. The van der Waals surface area contributed by atoms with Crippen molar-refractivity contribution in [1.82, 2.24) is 14.6 Å². The number of rotatable bonds is 8. The number of ether oxygens (including phenoxy) is 1. The van der Waals surface area contributed by atoms with E-state index in [1.54, 1.807) is 11.6 Å². The number of hydrogen-bond donors (Lipinski definition) is 2. The van der Waals surface area contributed by atoms with Gasteiger partial charge in [-0.25, -0.2) is 27.0 Å². The number of aliphatic hydroxyl groups is 1. The number of sulfonamides is 1. The first-order chi connectivity index (χ1) is 18.1. The molecule has 1 atom stereocenters. The second-order valence-electron chi connectivity index (χ2n) is 9.03. The van der Waals surface area contributed by atoms with Gasteiger partial charge in [0.15, 0.2) is 22.5 Å². The summed E-state index contributed by atoms with van der Waals surface area (Å²) in [7, 11) is -2.31. The topological polar surface area (TPSA) is 121 Å². The number of carbonyl (C=O) groups excluding carboxylic acids is 1. The zero-order valence-electron chi connectivity index (χ0n) is 20.7. The Morgan fingerprint density at radius 3 is 2.58 bits per heavy atom. The normalized spacial score (nSPS) is 22.3. The van der Waals surface area contributed by atoms with Crippen molar-refractivity contribution in [2.24, 2.45) is 10.9 Å². The maximum atomic E-state index is 14.5. The first-order valence-corrected chi connectivity index (χ1v) is 15.0. The lowest BCUT2D eigenvalue weighted by Crippen LogP contribution is -2.44. The van der Waals surface area contributed by atoms with E-state index >= 15 is 0 Å². The lowest BCUT2D eigenvalue weighted by molar-refractivity contribution is -0.136. The number of thiazole rings is 1. The van der Waals surface area contributed by atoms with Crippen LogP contribution in [-0.2, 0) is 19.6 Å². The van der Waals surface area contributed by atoms with Crippen LogP contribution in [0.5, 0.6) is 0 Å². The van der Waals surface area contributed by atoms with E-state index in [1.807, 2.05) is 0 Å². The van der Waals surface area contributed by atoms with Crippen LogP contribution >= 0.6 is 22.9 Å². The first kappa shape index (κ1) is 28.6. The number of aliphatic imine (C=N–C) groups is 1. The average Bonchev–Trinajstić information content (AvgIpc) is 3.44. The van der Waals surface area contributed by atoms with Crippen LogP contribution in [0, 0.1) is 17.6 Å². The Bertz CT molecular complexity index is 1360. The van der Waals surface area contributed by atoms with Gasteiger partial charge in [0.25, 0.3) is 0 Å². The quantitative estimate of drug-likeness (QED) is 0.358. The van der Waals surface area contributed by atoms with Gasteiger partial charge < -0.3 is 15.2 Å². The molecule has 9 nitrogen and oxygen atoms in total. The summed E-state index contributed by atoms with van der Waals surface area (Å²) in [6.07, 6.45) is 4.69. The summed E-state index contributed by atoms with van der Waals surface area (Å²) >= 11 is 7.51. The third-order valence-electron chi connectivity index (χ3n) is 6.73. The largest absolute Gasteiger partial charge is 0.466 e. The van der Waals surface area contributed by atoms with Gasteiger partial charge in [-0.3, -0.25) is 4.99 Å². The number of aromatic nitrogens is 1. The molecule has 1 saturated carbocycles. The number of allylic oxidation sites excluding steroid dienone is 1. The molecule has 0 radical (unpaired) electrons. The van der Waals surface area contributed by atoms with Crippen molar-refractivity contribution >= 4 is 44.8 Å². The van der Waals surface area contributed by atoms with Crippen LogP contribution < -0.4 is 5.32 Å². The van der Waals surface area contributed by atoms with Crippen LogP contribution in [-0.4, -0.2) is 67.2 Å².